The van der Waals surface area contributed by atoms with Gasteiger partial charge in [-0.05, 0) is 36.2 Å². The topological polar surface area (TPSA) is 89.0 Å². The molecule has 0 radical (unpaired) electrons. The zero-order chi connectivity index (χ0) is 17.6. The number of nitrogens with one attached hydrogen (secondary N) is 2. The van der Waals surface area contributed by atoms with Crippen LogP contribution in [-0.2, 0) is 6.54 Å². The van der Waals surface area contributed by atoms with Gasteiger partial charge in [0.05, 0.1) is 6.10 Å². The number of thiophene rings is 1. The Morgan fingerprint density at radius 2 is 2.20 bits per heavy atom. The monoisotopic (exact) mass is 375 g/mol. The van der Waals surface area contributed by atoms with Crippen molar-refractivity contribution in [2.45, 2.75) is 26.5 Å². The number of hydrogen-bond donors (Lipinski definition) is 2. The Morgan fingerprint density at radius 3 is 2.88 bits per heavy atom. The van der Waals surface area contributed by atoms with Gasteiger partial charge in [0.15, 0.2) is 5.13 Å². The van der Waals surface area contributed by atoms with Crippen molar-refractivity contribution in [2.24, 2.45) is 0 Å². The number of thiazole rings is 1. The fraction of sp³-hybridized carbons (Fsp3) is 0.250. The molecular formula is C16H17N5O2S2. The van der Waals surface area contributed by atoms with Crippen molar-refractivity contribution in [3.05, 3.63) is 45.7 Å². The third-order valence-electron chi connectivity index (χ3n) is 2.98. The fourth-order valence-electron chi connectivity index (χ4n) is 1.94. The molecule has 0 bridgehead atoms. The molecule has 25 heavy (non-hydrogen) atoms. The number of hydrogen-bond acceptors (Lipinski definition) is 8. The highest BCUT2D eigenvalue weighted by atomic mass is 32.1. The van der Waals surface area contributed by atoms with Crippen LogP contribution in [-0.4, -0.2) is 27.0 Å². The number of carbonyl (C=O) groups is 1. The Bertz CT molecular complexity index is 819. The quantitative estimate of drug-likeness (QED) is 0.655. The molecule has 0 atom stereocenters. The molecule has 7 nitrogen and oxygen atoms in total. The normalized spacial score (nSPS) is 10.7. The molecule has 130 valence electrons. The summed E-state index contributed by atoms with van der Waals surface area (Å²) in [7, 11) is 0. The van der Waals surface area contributed by atoms with Crippen LogP contribution in [0, 0.1) is 0 Å². The molecule has 1 amide bonds. The first-order valence-electron chi connectivity index (χ1n) is 7.61. The van der Waals surface area contributed by atoms with Crippen molar-refractivity contribution < 1.29 is 9.53 Å². The molecule has 2 N–H and O–H groups in total. The van der Waals surface area contributed by atoms with Gasteiger partial charge < -0.3 is 10.1 Å². The summed E-state index contributed by atoms with van der Waals surface area (Å²) in [5, 5.41) is 12.2. The van der Waals surface area contributed by atoms with Gasteiger partial charge in [0, 0.05) is 24.2 Å². The molecular weight excluding hydrogens is 358 g/mol. The largest absolute Gasteiger partial charge is 0.475 e. The van der Waals surface area contributed by atoms with Crippen LogP contribution < -0.4 is 15.4 Å². The molecule has 3 aromatic rings. The number of amides is 1. The van der Waals surface area contributed by atoms with Crippen molar-refractivity contribution in [2.75, 3.05) is 10.6 Å². The summed E-state index contributed by atoms with van der Waals surface area (Å²) in [4.78, 5) is 25.1. The van der Waals surface area contributed by atoms with Crippen LogP contribution in [0.1, 0.15) is 29.9 Å². The highest BCUT2D eigenvalue weighted by Gasteiger charge is 2.14. The standard InChI is InChI=1S/C16H17N5O2S2/c1-10(2)23-13-7-12(14(22)21-16-17-4-6-25-16)19-15(20-13)18-8-11-3-5-24-9-11/h3-7,9-10H,8H2,1-2H3,(H,17,21,22)(H,18,19,20). The van der Waals surface area contributed by atoms with Gasteiger partial charge in [-0.2, -0.15) is 16.3 Å². The van der Waals surface area contributed by atoms with Gasteiger partial charge in [-0.15, -0.1) is 11.3 Å². The fourth-order valence-corrected chi connectivity index (χ4v) is 3.14. The Balaban J connectivity index is 1.79. The van der Waals surface area contributed by atoms with E-state index in [1.165, 1.54) is 17.4 Å². The molecule has 3 rings (SSSR count). The average molecular weight is 375 g/mol. The van der Waals surface area contributed by atoms with E-state index in [2.05, 4.69) is 25.6 Å². The minimum absolute atomic E-state index is 0.0607. The van der Waals surface area contributed by atoms with E-state index in [1.807, 2.05) is 30.7 Å². The van der Waals surface area contributed by atoms with Gasteiger partial charge in [0.25, 0.3) is 5.91 Å². The molecule has 0 aromatic carbocycles. The summed E-state index contributed by atoms with van der Waals surface area (Å²) in [5.74, 6) is 0.334. The van der Waals surface area contributed by atoms with Crippen molar-refractivity contribution in [3.8, 4) is 5.88 Å². The Labute approximate surface area is 153 Å². The summed E-state index contributed by atoms with van der Waals surface area (Å²) in [6.07, 6.45) is 1.57. The smallest absolute Gasteiger partial charge is 0.276 e. The molecule has 0 saturated carbocycles. The summed E-state index contributed by atoms with van der Waals surface area (Å²) in [6.45, 7) is 4.37. The van der Waals surface area contributed by atoms with Gasteiger partial charge >= 0.3 is 0 Å². The lowest BCUT2D eigenvalue weighted by Gasteiger charge is -2.12. The summed E-state index contributed by atoms with van der Waals surface area (Å²) >= 11 is 2.96. The highest BCUT2D eigenvalue weighted by molar-refractivity contribution is 7.13. The first-order chi connectivity index (χ1) is 12.1. The Morgan fingerprint density at radius 1 is 1.32 bits per heavy atom. The molecule has 0 aliphatic heterocycles. The molecule has 0 aliphatic carbocycles. The number of ether oxygens (including phenoxy) is 1. The molecule has 0 aliphatic rings. The van der Waals surface area contributed by atoms with Gasteiger partial charge in [0.1, 0.15) is 5.69 Å². The maximum absolute atomic E-state index is 12.4. The van der Waals surface area contributed by atoms with Crippen LogP contribution in [0.4, 0.5) is 11.1 Å². The number of anilines is 2. The second kappa shape index (κ2) is 8.04. The van der Waals surface area contributed by atoms with Crippen LogP contribution in [0.15, 0.2) is 34.5 Å². The first kappa shape index (κ1) is 17.3. The van der Waals surface area contributed by atoms with Crippen LogP contribution in [0.2, 0.25) is 0 Å². The highest BCUT2D eigenvalue weighted by Crippen LogP contribution is 2.18. The molecule has 0 spiro atoms. The van der Waals surface area contributed by atoms with Crippen LogP contribution in [0.5, 0.6) is 5.88 Å². The summed E-state index contributed by atoms with van der Waals surface area (Å²) < 4.78 is 5.64. The van der Waals surface area contributed by atoms with E-state index >= 15 is 0 Å². The number of aromatic nitrogens is 3. The van der Waals surface area contributed by atoms with Gasteiger partial charge in [-0.3, -0.25) is 10.1 Å². The maximum atomic E-state index is 12.4. The lowest BCUT2D eigenvalue weighted by Crippen LogP contribution is -2.17. The minimum Gasteiger partial charge on any atom is -0.475 e. The third kappa shape index (κ3) is 4.97. The molecule has 3 heterocycles. The summed E-state index contributed by atoms with van der Waals surface area (Å²) in [6, 6.07) is 3.54. The van der Waals surface area contributed by atoms with Crippen LogP contribution in [0.3, 0.4) is 0 Å². The molecule has 9 heteroatoms. The number of nitrogens with zero attached hydrogens (tertiary/aromatic N) is 3. The van der Waals surface area contributed by atoms with E-state index in [0.717, 1.165) is 5.56 Å². The second-order valence-electron chi connectivity index (χ2n) is 5.36. The SMILES string of the molecule is CC(C)Oc1cc(C(=O)Nc2nccs2)nc(NCc2ccsc2)n1. The van der Waals surface area contributed by atoms with E-state index in [9.17, 15) is 4.79 Å². The minimum atomic E-state index is -0.357. The van der Waals surface area contributed by atoms with Gasteiger partial charge in [-0.1, -0.05) is 0 Å². The molecule has 3 aromatic heterocycles. The average Bonchev–Trinajstić information content (AvgIpc) is 3.25. The van der Waals surface area contributed by atoms with E-state index in [4.69, 9.17) is 4.74 Å². The zero-order valence-electron chi connectivity index (χ0n) is 13.7. The molecule has 0 unspecified atom stereocenters. The second-order valence-corrected chi connectivity index (χ2v) is 7.03. The summed E-state index contributed by atoms with van der Waals surface area (Å²) in [5.41, 5.74) is 1.34. The van der Waals surface area contributed by atoms with Crippen molar-refractivity contribution in [1.82, 2.24) is 15.0 Å². The lowest BCUT2D eigenvalue weighted by atomic mass is 10.3. The van der Waals surface area contributed by atoms with Crippen molar-refractivity contribution >= 4 is 39.7 Å². The van der Waals surface area contributed by atoms with Gasteiger partial charge in [-0.25, -0.2) is 9.97 Å². The molecule has 0 fully saturated rings. The Hall–Kier alpha value is -2.52. The van der Waals surface area contributed by atoms with Crippen LogP contribution >= 0.6 is 22.7 Å². The number of rotatable bonds is 7. The Kier molecular flexibility index (Phi) is 5.56. The van der Waals surface area contributed by atoms with E-state index in [0.29, 0.717) is 23.5 Å². The third-order valence-corrected chi connectivity index (χ3v) is 4.40. The maximum Gasteiger partial charge on any atom is 0.276 e. The van der Waals surface area contributed by atoms with Crippen LogP contribution in [0.25, 0.3) is 0 Å². The van der Waals surface area contributed by atoms with Crippen molar-refractivity contribution in [3.63, 3.8) is 0 Å². The van der Waals surface area contributed by atoms with E-state index in [-0.39, 0.29) is 17.7 Å². The predicted octanol–water partition coefficient (Wildman–Crippen LogP) is 3.65. The lowest BCUT2D eigenvalue weighted by molar-refractivity contribution is 0.102. The van der Waals surface area contributed by atoms with E-state index in [1.54, 1.807) is 22.9 Å². The zero-order valence-corrected chi connectivity index (χ0v) is 15.4. The predicted molar refractivity (Wildman–Crippen MR) is 99.5 cm³/mol. The van der Waals surface area contributed by atoms with E-state index < -0.39 is 0 Å². The molecule has 0 saturated heterocycles. The first-order valence-corrected chi connectivity index (χ1v) is 9.44. The number of carbonyl (C=O) groups excluding carboxylic acids is 1. The van der Waals surface area contributed by atoms with Gasteiger partial charge in [0.2, 0.25) is 11.8 Å². The van der Waals surface area contributed by atoms with Crippen molar-refractivity contribution in [1.29, 1.82) is 0 Å².